The van der Waals surface area contributed by atoms with E-state index in [9.17, 15) is 28.3 Å². The molecule has 1 N–H and O–H groups in total. The normalized spacial score (nSPS) is 13.1. The van der Waals surface area contributed by atoms with Gasteiger partial charge < -0.3 is 13.8 Å². The Bertz CT molecular complexity index is 293. The Kier molecular flexibility index (Phi) is 4.05. The highest BCUT2D eigenvalue weighted by molar-refractivity contribution is 7.74. The van der Waals surface area contributed by atoms with Crippen LogP contribution in [0.2, 0.25) is 0 Å². The van der Waals surface area contributed by atoms with Gasteiger partial charge in [0, 0.05) is 0 Å². The average Bonchev–Trinajstić information content (AvgIpc) is 2.00. The van der Waals surface area contributed by atoms with Crippen LogP contribution in [0.15, 0.2) is 0 Å². The third-order valence-corrected chi connectivity index (χ3v) is 1.75. The molecule has 0 heterocycles. The standard InChI is InChI=1S/C6H8O7S/c1-3(7)6(10,4(2)8)5(9)13-14(11)12/h10H,1-2H3,(H,11,12)/p-1. The van der Waals surface area contributed by atoms with Gasteiger partial charge in [0.15, 0.2) is 11.6 Å². The van der Waals surface area contributed by atoms with Crippen molar-refractivity contribution in [2.45, 2.75) is 19.4 Å². The highest BCUT2D eigenvalue weighted by atomic mass is 32.2. The van der Waals surface area contributed by atoms with Crippen LogP contribution < -0.4 is 0 Å². The van der Waals surface area contributed by atoms with E-state index in [0.29, 0.717) is 0 Å². The number of Topliss-reactive ketones (excluding diaryl/α,β-unsaturated/α-hetero) is 2. The van der Waals surface area contributed by atoms with Crippen molar-refractivity contribution >= 4 is 28.9 Å². The van der Waals surface area contributed by atoms with Gasteiger partial charge in [0.25, 0.3) is 5.60 Å². The summed E-state index contributed by atoms with van der Waals surface area (Å²) in [4.78, 5) is 32.4. The van der Waals surface area contributed by atoms with Crippen LogP contribution in [0.5, 0.6) is 0 Å². The molecule has 0 radical (unpaired) electrons. The number of hydrogen-bond acceptors (Lipinski definition) is 7. The van der Waals surface area contributed by atoms with Crippen molar-refractivity contribution < 1.29 is 32.4 Å². The first-order valence-corrected chi connectivity index (χ1v) is 4.29. The first-order valence-electron chi connectivity index (χ1n) is 3.29. The molecule has 0 aromatic rings. The minimum absolute atomic E-state index is 0.760. The maximum atomic E-state index is 10.9. The molecule has 1 atom stereocenters. The number of hydrogen-bond donors (Lipinski definition) is 1. The second-order valence-electron chi connectivity index (χ2n) is 2.40. The molecule has 0 spiro atoms. The molecule has 0 rings (SSSR count). The van der Waals surface area contributed by atoms with Crippen LogP contribution in [0.3, 0.4) is 0 Å². The molecule has 14 heavy (non-hydrogen) atoms. The van der Waals surface area contributed by atoms with Gasteiger partial charge >= 0.3 is 5.97 Å². The van der Waals surface area contributed by atoms with Crippen molar-refractivity contribution in [1.82, 2.24) is 0 Å². The second kappa shape index (κ2) is 4.40. The van der Waals surface area contributed by atoms with E-state index in [1.165, 1.54) is 0 Å². The third-order valence-electron chi connectivity index (χ3n) is 1.46. The average molecular weight is 223 g/mol. The Hall–Kier alpha value is -1.12. The summed E-state index contributed by atoms with van der Waals surface area (Å²) in [5.41, 5.74) is -3.04. The zero-order valence-electron chi connectivity index (χ0n) is 7.30. The highest BCUT2D eigenvalue weighted by Gasteiger charge is 2.48. The fraction of sp³-hybridized carbons (Fsp3) is 0.500. The summed E-state index contributed by atoms with van der Waals surface area (Å²) >= 11 is -3.24. The Balaban J connectivity index is 5.03. The van der Waals surface area contributed by atoms with Crippen LogP contribution in [0.25, 0.3) is 0 Å². The molecule has 0 aliphatic carbocycles. The van der Waals surface area contributed by atoms with Gasteiger partial charge in [-0.1, -0.05) is 0 Å². The SMILES string of the molecule is CC(=O)C(O)(C(C)=O)C(=O)OS(=O)[O-]. The van der Waals surface area contributed by atoms with Gasteiger partial charge in [-0.2, -0.15) is 0 Å². The highest BCUT2D eigenvalue weighted by Crippen LogP contribution is 2.11. The van der Waals surface area contributed by atoms with Crippen LogP contribution in [-0.4, -0.2) is 37.0 Å². The minimum atomic E-state index is -3.24. The largest absolute Gasteiger partial charge is 0.740 e. The molecule has 0 aromatic heterocycles. The van der Waals surface area contributed by atoms with Crippen molar-refractivity contribution in [3.63, 3.8) is 0 Å². The van der Waals surface area contributed by atoms with E-state index in [4.69, 9.17) is 0 Å². The summed E-state index contributed by atoms with van der Waals surface area (Å²) in [7, 11) is 0. The Morgan fingerprint density at radius 3 is 1.86 bits per heavy atom. The van der Waals surface area contributed by atoms with E-state index in [1.807, 2.05) is 0 Å². The van der Waals surface area contributed by atoms with Gasteiger partial charge in [0.1, 0.15) is 11.4 Å². The van der Waals surface area contributed by atoms with Crippen molar-refractivity contribution in [2.24, 2.45) is 0 Å². The molecule has 0 aromatic carbocycles. The summed E-state index contributed by atoms with van der Waals surface area (Å²) in [6.45, 7) is 1.52. The van der Waals surface area contributed by atoms with E-state index in [1.54, 1.807) is 0 Å². The molecule has 0 bridgehead atoms. The molecule has 0 aliphatic heterocycles. The molecule has 7 nitrogen and oxygen atoms in total. The van der Waals surface area contributed by atoms with E-state index in [2.05, 4.69) is 4.18 Å². The molecule has 8 heteroatoms. The zero-order valence-corrected chi connectivity index (χ0v) is 8.12. The van der Waals surface area contributed by atoms with Gasteiger partial charge in [0.05, 0.1) is 0 Å². The number of rotatable bonds is 4. The van der Waals surface area contributed by atoms with Crippen LogP contribution in [0, 0.1) is 0 Å². The lowest BCUT2D eigenvalue weighted by Crippen LogP contribution is -2.52. The summed E-state index contributed by atoms with van der Waals surface area (Å²) < 4.78 is 23.4. The first-order chi connectivity index (χ1) is 6.22. The quantitative estimate of drug-likeness (QED) is 0.442. The van der Waals surface area contributed by atoms with E-state index < -0.39 is 34.5 Å². The molecule has 0 saturated heterocycles. The first kappa shape index (κ1) is 12.9. The molecular weight excluding hydrogens is 216 g/mol. The van der Waals surface area contributed by atoms with E-state index in [-0.39, 0.29) is 0 Å². The van der Waals surface area contributed by atoms with Gasteiger partial charge in [0.2, 0.25) is 0 Å². The molecule has 0 fully saturated rings. The summed E-state index contributed by atoms with van der Waals surface area (Å²) in [5, 5.41) is 9.24. The molecule has 0 amide bonds. The zero-order chi connectivity index (χ0) is 11.5. The molecule has 1 unspecified atom stereocenters. The van der Waals surface area contributed by atoms with Gasteiger partial charge in [-0.3, -0.25) is 9.59 Å². The Morgan fingerprint density at radius 2 is 1.64 bits per heavy atom. The fourth-order valence-corrected chi connectivity index (χ4v) is 0.902. The number of carbonyl (C=O) groups excluding carboxylic acids is 3. The van der Waals surface area contributed by atoms with Crippen molar-refractivity contribution in [2.75, 3.05) is 0 Å². The van der Waals surface area contributed by atoms with E-state index in [0.717, 1.165) is 13.8 Å². The van der Waals surface area contributed by atoms with Gasteiger partial charge in [-0.05, 0) is 13.8 Å². The maximum absolute atomic E-state index is 10.9. The summed E-state index contributed by atoms with van der Waals surface area (Å²) in [6.07, 6.45) is 0. The lowest BCUT2D eigenvalue weighted by Gasteiger charge is -2.19. The minimum Gasteiger partial charge on any atom is -0.740 e. The molecule has 80 valence electrons. The topological polar surface area (TPSA) is 121 Å². The van der Waals surface area contributed by atoms with Gasteiger partial charge in [-0.25, -0.2) is 9.00 Å². The lowest BCUT2D eigenvalue weighted by atomic mass is 9.95. The maximum Gasteiger partial charge on any atom is 0.367 e. The van der Waals surface area contributed by atoms with Crippen LogP contribution in [-0.2, 0) is 29.9 Å². The molecular formula is C6H7O7S-. The predicted octanol–water partition coefficient (Wildman–Crippen LogP) is -1.77. The number of aliphatic hydroxyl groups is 1. The lowest BCUT2D eigenvalue weighted by molar-refractivity contribution is -0.166. The van der Waals surface area contributed by atoms with Crippen molar-refractivity contribution in [3.8, 4) is 0 Å². The Morgan fingerprint density at radius 1 is 1.29 bits per heavy atom. The molecule has 0 aliphatic rings. The third kappa shape index (κ3) is 2.44. The molecule has 0 saturated carbocycles. The van der Waals surface area contributed by atoms with Crippen molar-refractivity contribution in [3.05, 3.63) is 0 Å². The second-order valence-corrected chi connectivity index (χ2v) is 2.97. The summed E-state index contributed by atoms with van der Waals surface area (Å²) in [5.74, 6) is -4.24. The fourth-order valence-electron chi connectivity index (χ4n) is 0.657. The van der Waals surface area contributed by atoms with E-state index >= 15 is 0 Å². The van der Waals surface area contributed by atoms with Crippen LogP contribution in [0.1, 0.15) is 13.8 Å². The number of ketones is 2. The Labute approximate surface area is 81.5 Å². The smallest absolute Gasteiger partial charge is 0.367 e. The van der Waals surface area contributed by atoms with Crippen LogP contribution in [0.4, 0.5) is 0 Å². The predicted molar refractivity (Wildman–Crippen MR) is 41.3 cm³/mol. The summed E-state index contributed by atoms with van der Waals surface area (Å²) in [6, 6.07) is 0. The van der Waals surface area contributed by atoms with Gasteiger partial charge in [-0.15, -0.1) is 0 Å². The number of carbonyl (C=O) groups is 3. The van der Waals surface area contributed by atoms with Crippen molar-refractivity contribution in [1.29, 1.82) is 0 Å². The van der Waals surface area contributed by atoms with Crippen LogP contribution >= 0.6 is 0 Å². The monoisotopic (exact) mass is 223 g/mol.